The van der Waals surface area contributed by atoms with Crippen molar-refractivity contribution in [2.45, 2.75) is 58.2 Å². The molecule has 0 radical (unpaired) electrons. The molecule has 1 fully saturated rings. The first kappa shape index (κ1) is 19.6. The molecule has 5 nitrogen and oxygen atoms in total. The Balaban J connectivity index is 1.52. The molecule has 0 amide bonds. The van der Waals surface area contributed by atoms with E-state index in [1.807, 2.05) is 13.0 Å². The lowest BCUT2D eigenvalue weighted by Gasteiger charge is -2.14. The van der Waals surface area contributed by atoms with E-state index in [0.717, 1.165) is 58.2 Å². The Labute approximate surface area is 173 Å². The van der Waals surface area contributed by atoms with Crippen LogP contribution in [0.5, 0.6) is 0 Å². The third-order valence-corrected chi connectivity index (χ3v) is 7.66. The number of carbonyl (C=O) groups is 1. The predicted molar refractivity (Wildman–Crippen MR) is 115 cm³/mol. The van der Waals surface area contributed by atoms with E-state index < -0.39 is 0 Å². The van der Waals surface area contributed by atoms with E-state index in [0.29, 0.717) is 5.75 Å². The number of ketones is 1. The summed E-state index contributed by atoms with van der Waals surface area (Å²) in [4.78, 5) is 24.0. The quantitative estimate of drug-likeness (QED) is 0.326. The molecule has 1 atom stereocenters. The number of ether oxygens (including phenoxy) is 1. The van der Waals surface area contributed by atoms with Crippen molar-refractivity contribution in [3.63, 3.8) is 0 Å². The number of thioether (sulfide) groups is 1. The Bertz CT molecular complexity index is 1030. The molecule has 7 heteroatoms. The van der Waals surface area contributed by atoms with Gasteiger partial charge in [0.1, 0.15) is 16.2 Å². The molecule has 0 N–H and O–H groups in total. The highest BCUT2D eigenvalue weighted by atomic mass is 32.2. The molecule has 28 heavy (non-hydrogen) atoms. The molecular formula is C21H25N3O2S2. The van der Waals surface area contributed by atoms with Gasteiger partial charge in [0.05, 0.1) is 11.9 Å². The Kier molecular flexibility index (Phi) is 5.58. The van der Waals surface area contributed by atoms with Crippen molar-refractivity contribution >= 4 is 39.1 Å². The summed E-state index contributed by atoms with van der Waals surface area (Å²) in [5.74, 6) is 0.526. The van der Waals surface area contributed by atoms with E-state index in [2.05, 4.69) is 35.3 Å². The fourth-order valence-corrected chi connectivity index (χ4v) is 5.83. The number of carbonyl (C=O) groups excluding carboxylic acids is 1. The lowest BCUT2D eigenvalue weighted by Crippen LogP contribution is -2.17. The molecule has 0 spiro atoms. The van der Waals surface area contributed by atoms with E-state index in [1.165, 1.54) is 22.2 Å². The normalized spacial score (nSPS) is 16.9. The maximum atomic E-state index is 13.0. The number of Topliss-reactive ketones (excluding diaryl/α,β-unsaturated/α-hetero) is 1. The molecule has 0 bridgehead atoms. The minimum atomic E-state index is 0.146. The van der Waals surface area contributed by atoms with E-state index >= 15 is 0 Å². The molecule has 3 aromatic rings. The van der Waals surface area contributed by atoms with Crippen molar-refractivity contribution in [1.82, 2.24) is 14.5 Å². The fourth-order valence-electron chi connectivity index (χ4n) is 3.83. The number of thiophene rings is 1. The van der Waals surface area contributed by atoms with Crippen LogP contribution in [0.1, 0.15) is 45.0 Å². The van der Waals surface area contributed by atoms with Gasteiger partial charge in [-0.25, -0.2) is 9.97 Å². The van der Waals surface area contributed by atoms with Crippen LogP contribution in [0.15, 0.2) is 17.4 Å². The molecular weight excluding hydrogens is 390 g/mol. The second-order valence-corrected chi connectivity index (χ2v) is 9.55. The van der Waals surface area contributed by atoms with Gasteiger partial charge in [-0.2, -0.15) is 0 Å². The maximum absolute atomic E-state index is 13.0. The first-order valence-electron chi connectivity index (χ1n) is 9.60. The van der Waals surface area contributed by atoms with Crippen LogP contribution in [0, 0.1) is 27.7 Å². The molecule has 148 valence electrons. The van der Waals surface area contributed by atoms with Crippen molar-refractivity contribution in [3.05, 3.63) is 39.8 Å². The number of aryl methyl sites for hydroxylation is 3. The standard InChI is InChI=1S/C21H25N3O2S2/c1-12-8-17(14(3)24(12)9-16-6-5-7-26-16)18(25)10-27-20-19-13(2)15(4)28-21(19)23-11-22-20/h8,11,16H,5-7,9-10H2,1-4H3/t16-/m1/s1. The van der Waals surface area contributed by atoms with Gasteiger partial charge in [-0.1, -0.05) is 11.8 Å². The van der Waals surface area contributed by atoms with Gasteiger partial charge in [0.2, 0.25) is 0 Å². The largest absolute Gasteiger partial charge is 0.376 e. The van der Waals surface area contributed by atoms with Crippen LogP contribution < -0.4 is 0 Å². The van der Waals surface area contributed by atoms with Gasteiger partial charge >= 0.3 is 0 Å². The van der Waals surface area contributed by atoms with Gasteiger partial charge < -0.3 is 9.30 Å². The Morgan fingerprint density at radius 1 is 1.32 bits per heavy atom. The molecule has 0 unspecified atom stereocenters. The van der Waals surface area contributed by atoms with Crippen LogP contribution in [0.3, 0.4) is 0 Å². The Hall–Kier alpha value is -1.70. The average molecular weight is 416 g/mol. The van der Waals surface area contributed by atoms with Crippen LogP contribution >= 0.6 is 23.1 Å². The molecule has 3 aromatic heterocycles. The zero-order valence-corrected chi connectivity index (χ0v) is 18.4. The Morgan fingerprint density at radius 3 is 2.89 bits per heavy atom. The minimum Gasteiger partial charge on any atom is -0.376 e. The van der Waals surface area contributed by atoms with Crippen LogP contribution in [0.2, 0.25) is 0 Å². The highest BCUT2D eigenvalue weighted by molar-refractivity contribution is 8.00. The lowest BCUT2D eigenvalue weighted by atomic mass is 10.2. The van der Waals surface area contributed by atoms with Crippen LogP contribution in [0.4, 0.5) is 0 Å². The number of aromatic nitrogens is 3. The highest BCUT2D eigenvalue weighted by Crippen LogP contribution is 2.34. The van der Waals surface area contributed by atoms with Crippen LogP contribution in [-0.4, -0.2) is 38.8 Å². The summed E-state index contributed by atoms with van der Waals surface area (Å²) in [6.45, 7) is 9.98. The summed E-state index contributed by atoms with van der Waals surface area (Å²) in [6.07, 6.45) is 4.08. The van der Waals surface area contributed by atoms with E-state index in [9.17, 15) is 4.79 Å². The molecule has 1 saturated heterocycles. The van der Waals surface area contributed by atoms with Crippen molar-refractivity contribution in [2.75, 3.05) is 12.4 Å². The molecule has 4 rings (SSSR count). The molecule has 1 aliphatic heterocycles. The Morgan fingerprint density at radius 2 is 2.14 bits per heavy atom. The summed E-state index contributed by atoms with van der Waals surface area (Å²) in [6, 6.07) is 2.02. The summed E-state index contributed by atoms with van der Waals surface area (Å²) in [5, 5.41) is 1.99. The zero-order valence-electron chi connectivity index (χ0n) is 16.7. The number of hydrogen-bond acceptors (Lipinski definition) is 6. The number of rotatable bonds is 6. The van der Waals surface area contributed by atoms with Crippen molar-refractivity contribution in [3.8, 4) is 0 Å². The number of fused-ring (bicyclic) bond motifs is 1. The molecule has 1 aliphatic rings. The zero-order chi connectivity index (χ0) is 19.8. The second-order valence-electron chi connectivity index (χ2n) is 7.38. The van der Waals surface area contributed by atoms with E-state index in [4.69, 9.17) is 4.74 Å². The number of hydrogen-bond donors (Lipinski definition) is 0. The number of nitrogens with zero attached hydrogens (tertiary/aromatic N) is 3. The molecule has 4 heterocycles. The van der Waals surface area contributed by atoms with Gasteiger partial charge in [-0.05, 0) is 52.2 Å². The van der Waals surface area contributed by atoms with Gasteiger partial charge in [0.15, 0.2) is 5.78 Å². The second kappa shape index (κ2) is 7.97. The van der Waals surface area contributed by atoms with Crippen molar-refractivity contribution in [2.24, 2.45) is 0 Å². The summed E-state index contributed by atoms with van der Waals surface area (Å²) in [7, 11) is 0. The summed E-state index contributed by atoms with van der Waals surface area (Å²) < 4.78 is 8.00. The average Bonchev–Trinajstić information content (AvgIpc) is 3.36. The first-order valence-corrected chi connectivity index (χ1v) is 11.4. The van der Waals surface area contributed by atoms with Crippen molar-refractivity contribution in [1.29, 1.82) is 0 Å². The molecule has 0 aromatic carbocycles. The minimum absolute atomic E-state index is 0.146. The van der Waals surface area contributed by atoms with Gasteiger partial charge in [0.25, 0.3) is 0 Å². The third-order valence-electron chi connectivity index (χ3n) is 5.55. The summed E-state index contributed by atoms with van der Waals surface area (Å²) >= 11 is 3.19. The molecule has 0 saturated carbocycles. The van der Waals surface area contributed by atoms with Gasteiger partial charge in [-0.3, -0.25) is 4.79 Å². The maximum Gasteiger partial charge on any atom is 0.174 e. The third kappa shape index (κ3) is 3.63. The van der Waals surface area contributed by atoms with Crippen LogP contribution in [0.25, 0.3) is 10.2 Å². The van der Waals surface area contributed by atoms with E-state index in [1.54, 1.807) is 17.7 Å². The first-order chi connectivity index (χ1) is 13.5. The fraction of sp³-hybridized carbons (Fsp3) is 0.476. The monoisotopic (exact) mass is 415 g/mol. The predicted octanol–water partition coefficient (Wildman–Crippen LogP) is 4.88. The summed E-state index contributed by atoms with van der Waals surface area (Å²) in [5.41, 5.74) is 4.18. The van der Waals surface area contributed by atoms with Gasteiger partial charge in [0, 0.05) is 40.4 Å². The lowest BCUT2D eigenvalue weighted by molar-refractivity contribution is 0.0957. The van der Waals surface area contributed by atoms with E-state index in [-0.39, 0.29) is 11.9 Å². The van der Waals surface area contributed by atoms with Crippen molar-refractivity contribution < 1.29 is 9.53 Å². The highest BCUT2D eigenvalue weighted by Gasteiger charge is 2.21. The topological polar surface area (TPSA) is 57.0 Å². The SMILES string of the molecule is Cc1sc2ncnc(SCC(=O)c3cc(C)n(C[C@H]4CCCO4)c3C)c2c1C. The van der Waals surface area contributed by atoms with Crippen LogP contribution in [-0.2, 0) is 11.3 Å². The molecule has 0 aliphatic carbocycles. The van der Waals surface area contributed by atoms with Gasteiger partial charge in [-0.15, -0.1) is 11.3 Å². The smallest absolute Gasteiger partial charge is 0.174 e.